The van der Waals surface area contributed by atoms with Crippen molar-refractivity contribution < 1.29 is 19.4 Å². The second kappa shape index (κ2) is 4.45. The highest BCUT2D eigenvalue weighted by Gasteiger charge is 2.32. The van der Waals surface area contributed by atoms with Gasteiger partial charge in [-0.2, -0.15) is 0 Å². The number of aryl methyl sites for hydroxylation is 1. The van der Waals surface area contributed by atoms with E-state index in [1.165, 1.54) is 4.90 Å². The Morgan fingerprint density at radius 2 is 2.18 bits per heavy atom. The highest BCUT2D eigenvalue weighted by molar-refractivity contribution is 5.90. The highest BCUT2D eigenvalue weighted by atomic mass is 16.6. The summed E-state index contributed by atoms with van der Waals surface area (Å²) < 4.78 is 4.88. The number of ether oxygens (including phenoxy) is 1. The third-order valence-corrected chi connectivity index (χ3v) is 2.79. The van der Waals surface area contributed by atoms with Crippen LogP contribution in [0.15, 0.2) is 24.3 Å². The molecule has 1 N–H and O–H groups in total. The van der Waals surface area contributed by atoms with E-state index in [-0.39, 0.29) is 13.2 Å². The van der Waals surface area contributed by atoms with Crippen LogP contribution in [0, 0.1) is 12.8 Å². The van der Waals surface area contributed by atoms with E-state index in [4.69, 9.17) is 9.84 Å². The van der Waals surface area contributed by atoms with Gasteiger partial charge in [0.1, 0.15) is 12.5 Å². The first-order chi connectivity index (χ1) is 8.09. The van der Waals surface area contributed by atoms with E-state index in [9.17, 15) is 9.59 Å². The lowest BCUT2D eigenvalue weighted by Crippen LogP contribution is -2.46. The van der Waals surface area contributed by atoms with Crippen LogP contribution >= 0.6 is 0 Å². The maximum atomic E-state index is 11.6. The number of amides is 1. The maximum absolute atomic E-state index is 11.6. The number of rotatable bonds is 2. The number of benzene rings is 1. The van der Waals surface area contributed by atoms with E-state index < -0.39 is 18.0 Å². The number of nitrogens with zero attached hydrogens (tertiary/aromatic N) is 1. The molecule has 5 nitrogen and oxygen atoms in total. The monoisotopic (exact) mass is 235 g/mol. The minimum atomic E-state index is -0.948. The lowest BCUT2D eigenvalue weighted by atomic mass is 10.1. The summed E-state index contributed by atoms with van der Waals surface area (Å²) in [7, 11) is 0. The molecule has 1 atom stereocenters. The van der Waals surface area contributed by atoms with Gasteiger partial charge in [0.05, 0.1) is 0 Å². The first-order valence-corrected chi connectivity index (χ1v) is 5.32. The van der Waals surface area contributed by atoms with Gasteiger partial charge in [0.25, 0.3) is 0 Å². The SMILES string of the molecule is Cc1ccccc1N1CC(C(=O)O)COC1=O. The summed E-state index contributed by atoms with van der Waals surface area (Å²) >= 11 is 0. The largest absolute Gasteiger partial charge is 0.481 e. The van der Waals surface area contributed by atoms with Crippen LogP contribution in [-0.4, -0.2) is 30.3 Å². The van der Waals surface area contributed by atoms with Crippen LogP contribution in [0.2, 0.25) is 0 Å². The number of aliphatic carboxylic acids is 1. The predicted octanol–water partition coefficient (Wildman–Crippen LogP) is 1.65. The number of anilines is 1. The van der Waals surface area contributed by atoms with Gasteiger partial charge in [0.15, 0.2) is 0 Å². The Morgan fingerprint density at radius 3 is 2.82 bits per heavy atom. The molecule has 1 amide bonds. The third kappa shape index (κ3) is 2.22. The fourth-order valence-corrected chi connectivity index (χ4v) is 1.81. The molecule has 5 heteroatoms. The fraction of sp³-hybridized carbons (Fsp3) is 0.333. The number of hydrogen-bond donors (Lipinski definition) is 1. The molecule has 1 fully saturated rings. The van der Waals surface area contributed by atoms with E-state index >= 15 is 0 Å². The zero-order valence-corrected chi connectivity index (χ0v) is 9.42. The van der Waals surface area contributed by atoms with E-state index in [2.05, 4.69) is 0 Å². The Bertz CT molecular complexity index is 458. The van der Waals surface area contributed by atoms with Crippen molar-refractivity contribution >= 4 is 17.7 Å². The molecule has 0 spiro atoms. The molecule has 1 saturated heterocycles. The standard InChI is InChI=1S/C12H13NO4/c1-8-4-2-3-5-10(8)13-6-9(11(14)15)7-17-12(13)16/h2-5,9H,6-7H2,1H3,(H,14,15). The van der Waals surface area contributed by atoms with Crippen LogP contribution in [0.25, 0.3) is 0 Å². The topological polar surface area (TPSA) is 66.8 Å². The summed E-state index contributed by atoms with van der Waals surface area (Å²) in [5.74, 6) is -1.62. The van der Waals surface area contributed by atoms with E-state index in [0.29, 0.717) is 5.69 Å². The fourth-order valence-electron chi connectivity index (χ4n) is 1.81. The smallest absolute Gasteiger partial charge is 0.414 e. The second-order valence-electron chi connectivity index (χ2n) is 4.01. The summed E-state index contributed by atoms with van der Waals surface area (Å²) in [4.78, 5) is 23.9. The lowest BCUT2D eigenvalue weighted by Gasteiger charge is -2.31. The normalized spacial score (nSPS) is 19.9. The van der Waals surface area contributed by atoms with Crippen molar-refractivity contribution in [2.24, 2.45) is 5.92 Å². The van der Waals surface area contributed by atoms with Crippen LogP contribution in [0.4, 0.5) is 10.5 Å². The van der Waals surface area contributed by atoms with Gasteiger partial charge in [-0.05, 0) is 18.6 Å². The van der Waals surface area contributed by atoms with Crippen molar-refractivity contribution in [1.82, 2.24) is 0 Å². The maximum Gasteiger partial charge on any atom is 0.414 e. The van der Waals surface area contributed by atoms with Gasteiger partial charge in [-0.25, -0.2) is 4.79 Å². The number of carboxylic acid groups (broad SMARTS) is 1. The van der Waals surface area contributed by atoms with Crippen molar-refractivity contribution in [3.63, 3.8) is 0 Å². The van der Waals surface area contributed by atoms with Crippen LogP contribution in [0.3, 0.4) is 0 Å². The molecule has 1 aliphatic rings. The predicted molar refractivity (Wildman–Crippen MR) is 61.0 cm³/mol. The summed E-state index contributed by atoms with van der Waals surface area (Å²) in [5, 5.41) is 8.94. The molecule has 1 unspecified atom stereocenters. The minimum absolute atomic E-state index is 0.0590. The Kier molecular flexibility index (Phi) is 2.99. The molecular weight excluding hydrogens is 222 g/mol. The molecule has 0 aliphatic carbocycles. The van der Waals surface area contributed by atoms with Crippen molar-refractivity contribution in [3.8, 4) is 0 Å². The van der Waals surface area contributed by atoms with Gasteiger partial charge < -0.3 is 9.84 Å². The van der Waals surface area contributed by atoms with Crippen LogP contribution in [0.5, 0.6) is 0 Å². The van der Waals surface area contributed by atoms with Crippen molar-refractivity contribution in [2.75, 3.05) is 18.1 Å². The molecule has 1 aromatic rings. The molecule has 1 aliphatic heterocycles. The first kappa shape index (κ1) is 11.4. The average molecular weight is 235 g/mol. The molecule has 17 heavy (non-hydrogen) atoms. The number of hydrogen-bond acceptors (Lipinski definition) is 3. The molecule has 2 rings (SSSR count). The van der Waals surface area contributed by atoms with Gasteiger partial charge in [0, 0.05) is 12.2 Å². The summed E-state index contributed by atoms with van der Waals surface area (Å²) in [6.07, 6.45) is -0.489. The highest BCUT2D eigenvalue weighted by Crippen LogP contribution is 2.24. The number of carbonyl (C=O) groups is 2. The molecule has 1 heterocycles. The molecule has 1 aromatic carbocycles. The molecule has 90 valence electrons. The Morgan fingerprint density at radius 1 is 1.47 bits per heavy atom. The zero-order chi connectivity index (χ0) is 12.4. The Balaban J connectivity index is 2.27. The van der Waals surface area contributed by atoms with Crippen LogP contribution < -0.4 is 4.90 Å². The number of para-hydroxylation sites is 1. The molecular formula is C12H13NO4. The Labute approximate surface area is 98.6 Å². The lowest BCUT2D eigenvalue weighted by molar-refractivity contribution is -0.143. The summed E-state index contributed by atoms with van der Waals surface area (Å²) in [6, 6.07) is 7.32. The number of carboxylic acids is 1. The number of cyclic esters (lactones) is 1. The van der Waals surface area contributed by atoms with Gasteiger partial charge in [-0.3, -0.25) is 9.69 Å². The van der Waals surface area contributed by atoms with E-state index in [1.807, 2.05) is 19.1 Å². The zero-order valence-electron chi connectivity index (χ0n) is 9.42. The third-order valence-electron chi connectivity index (χ3n) is 2.79. The van der Waals surface area contributed by atoms with Crippen LogP contribution in [-0.2, 0) is 9.53 Å². The van der Waals surface area contributed by atoms with E-state index in [1.54, 1.807) is 12.1 Å². The molecule has 0 saturated carbocycles. The van der Waals surface area contributed by atoms with Crippen molar-refractivity contribution in [3.05, 3.63) is 29.8 Å². The van der Waals surface area contributed by atoms with Gasteiger partial charge in [-0.15, -0.1) is 0 Å². The summed E-state index contributed by atoms with van der Waals surface area (Å²) in [6.45, 7) is 1.96. The minimum Gasteiger partial charge on any atom is -0.481 e. The van der Waals surface area contributed by atoms with Gasteiger partial charge in [-0.1, -0.05) is 18.2 Å². The Hall–Kier alpha value is -2.04. The van der Waals surface area contributed by atoms with Gasteiger partial charge >= 0.3 is 12.1 Å². The van der Waals surface area contributed by atoms with Gasteiger partial charge in [0.2, 0.25) is 0 Å². The first-order valence-electron chi connectivity index (χ1n) is 5.32. The van der Waals surface area contributed by atoms with Crippen molar-refractivity contribution in [2.45, 2.75) is 6.92 Å². The second-order valence-corrected chi connectivity index (χ2v) is 4.01. The molecule has 0 aromatic heterocycles. The molecule has 0 bridgehead atoms. The van der Waals surface area contributed by atoms with Crippen LogP contribution in [0.1, 0.15) is 5.56 Å². The summed E-state index contributed by atoms with van der Waals surface area (Å²) in [5.41, 5.74) is 1.61. The average Bonchev–Trinajstić information content (AvgIpc) is 2.30. The van der Waals surface area contributed by atoms with Crippen molar-refractivity contribution in [1.29, 1.82) is 0 Å². The molecule has 0 radical (unpaired) electrons. The van der Waals surface area contributed by atoms with E-state index in [0.717, 1.165) is 5.56 Å². The number of carbonyl (C=O) groups excluding carboxylic acids is 1. The quantitative estimate of drug-likeness (QED) is 0.846.